The summed E-state index contributed by atoms with van der Waals surface area (Å²) in [5.74, 6) is 1.08. The molecule has 3 aliphatic rings. The van der Waals surface area contributed by atoms with E-state index >= 15 is 0 Å². The first-order valence-corrected chi connectivity index (χ1v) is 5.43. The maximum absolute atomic E-state index is 11.8. The molecule has 1 amide bonds. The quantitative estimate of drug-likeness (QED) is 0.794. The normalized spacial score (nSPS) is 31.7. The second-order valence-electron chi connectivity index (χ2n) is 4.97. The Morgan fingerprint density at radius 3 is 2.87 bits per heavy atom. The zero-order valence-corrected chi connectivity index (χ0v) is 8.86. The first-order valence-electron chi connectivity index (χ1n) is 5.43. The van der Waals surface area contributed by atoms with Gasteiger partial charge in [0.1, 0.15) is 0 Å². The molecular formula is C11H15N3O. The molecule has 0 aliphatic heterocycles. The Hall–Kier alpha value is -1.32. The van der Waals surface area contributed by atoms with Crippen molar-refractivity contribution in [3.8, 4) is 0 Å². The van der Waals surface area contributed by atoms with Crippen molar-refractivity contribution in [3.63, 3.8) is 0 Å². The molecule has 1 aromatic heterocycles. The largest absolute Gasteiger partial charge is 0.350 e. The van der Waals surface area contributed by atoms with Crippen molar-refractivity contribution in [1.29, 1.82) is 0 Å². The highest BCUT2D eigenvalue weighted by atomic mass is 16.2. The predicted octanol–water partition coefficient (Wildman–Crippen LogP) is 0.836. The van der Waals surface area contributed by atoms with E-state index in [-0.39, 0.29) is 11.3 Å². The van der Waals surface area contributed by atoms with Crippen LogP contribution >= 0.6 is 0 Å². The number of hydrogen-bond donors (Lipinski definition) is 1. The first-order chi connectivity index (χ1) is 7.18. The van der Waals surface area contributed by atoms with Crippen LogP contribution in [-0.4, -0.2) is 15.5 Å². The molecule has 4 heteroatoms. The zero-order chi connectivity index (χ0) is 10.5. The Labute approximate surface area is 88.7 Å². The van der Waals surface area contributed by atoms with Crippen molar-refractivity contribution in [2.45, 2.75) is 25.8 Å². The van der Waals surface area contributed by atoms with E-state index in [2.05, 4.69) is 10.3 Å². The lowest BCUT2D eigenvalue weighted by Gasteiger charge is -2.60. The van der Waals surface area contributed by atoms with Crippen molar-refractivity contribution in [1.82, 2.24) is 14.9 Å². The van der Waals surface area contributed by atoms with Gasteiger partial charge in [-0.3, -0.25) is 4.79 Å². The van der Waals surface area contributed by atoms with Crippen LogP contribution in [0.4, 0.5) is 0 Å². The topological polar surface area (TPSA) is 46.9 Å². The minimum atomic E-state index is 0.0272. The van der Waals surface area contributed by atoms with Crippen LogP contribution in [0.25, 0.3) is 0 Å². The molecule has 0 saturated heterocycles. The number of hydrogen-bond acceptors (Lipinski definition) is 2. The molecule has 2 bridgehead atoms. The summed E-state index contributed by atoms with van der Waals surface area (Å²) in [5.41, 5.74) is 0.955. The molecule has 0 radical (unpaired) electrons. The van der Waals surface area contributed by atoms with Crippen LogP contribution in [0.3, 0.4) is 0 Å². The number of carbonyl (C=O) groups is 1. The maximum atomic E-state index is 11.8. The van der Waals surface area contributed by atoms with Gasteiger partial charge in [-0.05, 0) is 25.2 Å². The van der Waals surface area contributed by atoms with Gasteiger partial charge in [0.15, 0.2) is 0 Å². The lowest BCUT2D eigenvalue weighted by Crippen LogP contribution is -2.60. The van der Waals surface area contributed by atoms with Crippen LogP contribution in [0.5, 0.6) is 0 Å². The van der Waals surface area contributed by atoms with Crippen molar-refractivity contribution in [3.05, 3.63) is 18.2 Å². The molecule has 80 valence electrons. The SMILES string of the molecule is Cn1cnc(CNC(=O)C23CC(C2)C3)c1. The fraction of sp³-hybridized carbons (Fsp3) is 0.636. The molecule has 3 saturated carbocycles. The van der Waals surface area contributed by atoms with Gasteiger partial charge in [0.2, 0.25) is 5.91 Å². The highest BCUT2D eigenvalue weighted by Gasteiger charge is 2.61. The molecule has 4 rings (SSSR count). The van der Waals surface area contributed by atoms with Gasteiger partial charge in [0.05, 0.1) is 18.6 Å². The summed E-state index contributed by atoms with van der Waals surface area (Å²) in [6.07, 6.45) is 7.02. The number of nitrogens with one attached hydrogen (secondary N) is 1. The summed E-state index contributed by atoms with van der Waals surface area (Å²) >= 11 is 0. The number of rotatable bonds is 3. The molecule has 15 heavy (non-hydrogen) atoms. The van der Waals surface area contributed by atoms with Gasteiger partial charge in [-0.2, -0.15) is 0 Å². The zero-order valence-electron chi connectivity index (χ0n) is 8.86. The van der Waals surface area contributed by atoms with Gasteiger partial charge in [-0.15, -0.1) is 0 Å². The summed E-state index contributed by atoms with van der Waals surface area (Å²) < 4.78 is 1.89. The molecule has 3 fully saturated rings. The second kappa shape index (κ2) is 2.84. The predicted molar refractivity (Wildman–Crippen MR) is 54.8 cm³/mol. The summed E-state index contributed by atoms with van der Waals surface area (Å²) in [4.78, 5) is 16.0. The van der Waals surface area contributed by atoms with Gasteiger partial charge < -0.3 is 9.88 Å². The van der Waals surface area contributed by atoms with Crippen molar-refractivity contribution in [2.24, 2.45) is 18.4 Å². The molecule has 0 atom stereocenters. The van der Waals surface area contributed by atoms with E-state index in [1.165, 1.54) is 0 Å². The fourth-order valence-electron chi connectivity index (χ4n) is 2.67. The van der Waals surface area contributed by atoms with E-state index in [0.29, 0.717) is 6.54 Å². The number of aryl methyl sites for hydroxylation is 1. The van der Waals surface area contributed by atoms with E-state index in [9.17, 15) is 4.79 Å². The van der Waals surface area contributed by atoms with E-state index in [1.807, 2.05) is 17.8 Å². The monoisotopic (exact) mass is 205 g/mol. The maximum Gasteiger partial charge on any atom is 0.226 e. The molecule has 1 heterocycles. The number of carbonyl (C=O) groups excluding carboxylic acids is 1. The van der Waals surface area contributed by atoms with Crippen LogP contribution < -0.4 is 5.32 Å². The molecule has 0 aromatic carbocycles. The lowest BCUT2D eigenvalue weighted by atomic mass is 9.44. The number of aromatic nitrogens is 2. The minimum Gasteiger partial charge on any atom is -0.350 e. The number of imidazole rings is 1. The summed E-state index contributed by atoms with van der Waals surface area (Å²) in [6.45, 7) is 0.562. The van der Waals surface area contributed by atoms with Crippen LogP contribution in [0.1, 0.15) is 25.0 Å². The van der Waals surface area contributed by atoms with Gasteiger partial charge in [0, 0.05) is 18.7 Å². The highest BCUT2D eigenvalue weighted by Crippen LogP contribution is 2.64. The standard InChI is InChI=1S/C11H15N3O/c1-14-6-9(13-7-14)5-12-10(15)11-2-8(3-11)4-11/h6-8H,2-5H2,1H3,(H,12,15). The molecule has 1 aromatic rings. The van der Waals surface area contributed by atoms with Crippen LogP contribution in [0.2, 0.25) is 0 Å². The van der Waals surface area contributed by atoms with Crippen molar-refractivity contribution >= 4 is 5.91 Å². The van der Waals surface area contributed by atoms with Crippen LogP contribution in [-0.2, 0) is 18.4 Å². The first kappa shape index (κ1) is 8.95. The third-order valence-electron chi connectivity index (χ3n) is 3.71. The van der Waals surface area contributed by atoms with E-state index in [1.54, 1.807) is 6.33 Å². The summed E-state index contributed by atoms with van der Waals surface area (Å²) in [5, 5.41) is 2.98. The van der Waals surface area contributed by atoms with Crippen LogP contribution in [0, 0.1) is 11.3 Å². The third-order valence-corrected chi connectivity index (χ3v) is 3.71. The van der Waals surface area contributed by atoms with Gasteiger partial charge >= 0.3 is 0 Å². The molecule has 4 nitrogen and oxygen atoms in total. The smallest absolute Gasteiger partial charge is 0.226 e. The van der Waals surface area contributed by atoms with Gasteiger partial charge in [-0.1, -0.05) is 0 Å². The second-order valence-corrected chi connectivity index (χ2v) is 4.97. The molecule has 0 unspecified atom stereocenters. The van der Waals surface area contributed by atoms with E-state index in [4.69, 9.17) is 0 Å². The number of amides is 1. The summed E-state index contributed by atoms with van der Waals surface area (Å²) in [6, 6.07) is 0. The van der Waals surface area contributed by atoms with Crippen molar-refractivity contribution in [2.75, 3.05) is 0 Å². The van der Waals surface area contributed by atoms with Gasteiger partial charge in [-0.25, -0.2) is 4.98 Å². The van der Waals surface area contributed by atoms with E-state index < -0.39 is 0 Å². The van der Waals surface area contributed by atoms with Crippen LogP contribution in [0.15, 0.2) is 12.5 Å². The Kier molecular flexibility index (Phi) is 1.69. The number of nitrogens with zero attached hydrogens (tertiary/aromatic N) is 2. The molecule has 3 aliphatic carbocycles. The Balaban J connectivity index is 1.55. The minimum absolute atomic E-state index is 0.0272. The fourth-order valence-corrected chi connectivity index (χ4v) is 2.67. The average Bonchev–Trinajstić information content (AvgIpc) is 2.42. The highest BCUT2D eigenvalue weighted by molar-refractivity contribution is 5.85. The molecule has 0 spiro atoms. The summed E-state index contributed by atoms with van der Waals surface area (Å²) in [7, 11) is 1.93. The van der Waals surface area contributed by atoms with Crippen molar-refractivity contribution < 1.29 is 4.79 Å². The Morgan fingerprint density at radius 2 is 2.40 bits per heavy atom. The lowest BCUT2D eigenvalue weighted by molar-refractivity contribution is -0.165. The van der Waals surface area contributed by atoms with E-state index in [0.717, 1.165) is 30.9 Å². The Morgan fingerprint density at radius 1 is 1.67 bits per heavy atom. The molecular weight excluding hydrogens is 190 g/mol. The van der Waals surface area contributed by atoms with Gasteiger partial charge in [0.25, 0.3) is 0 Å². The third kappa shape index (κ3) is 1.28. The Bertz CT molecular complexity index is 393. The molecule has 1 N–H and O–H groups in total. The average molecular weight is 205 g/mol.